The Morgan fingerprint density at radius 1 is 1.19 bits per heavy atom. The van der Waals surface area contributed by atoms with Crippen molar-refractivity contribution in [1.29, 1.82) is 0 Å². The zero-order valence-electron chi connectivity index (χ0n) is 11.7. The number of methoxy groups -OCH3 is 1. The van der Waals surface area contributed by atoms with Gasteiger partial charge in [0.2, 0.25) is 0 Å². The predicted octanol–water partition coefficient (Wildman–Crippen LogP) is -0.207. The number of aliphatic hydroxyl groups excluding tert-OH is 2. The molecule has 0 radical (unpaired) electrons. The summed E-state index contributed by atoms with van der Waals surface area (Å²) >= 11 is 0. The van der Waals surface area contributed by atoms with Crippen LogP contribution in [0.15, 0.2) is 29.2 Å². The Balaban J connectivity index is 2.01. The average Bonchev–Trinajstić information content (AvgIpc) is 2.73. The monoisotopic (exact) mass is 318 g/mol. The third kappa shape index (κ3) is 3.60. The minimum atomic E-state index is -3.94. The van der Waals surface area contributed by atoms with Gasteiger partial charge in [-0.1, -0.05) is 17.7 Å². The van der Waals surface area contributed by atoms with E-state index in [4.69, 9.17) is 13.7 Å². The van der Waals surface area contributed by atoms with Crippen LogP contribution < -0.4 is 0 Å². The van der Waals surface area contributed by atoms with Crippen LogP contribution >= 0.6 is 0 Å². The second-order valence-electron chi connectivity index (χ2n) is 4.81. The van der Waals surface area contributed by atoms with Gasteiger partial charge in [-0.05, 0) is 19.1 Å². The minimum absolute atomic E-state index is 0.0180. The first kappa shape index (κ1) is 16.3. The lowest BCUT2D eigenvalue weighted by molar-refractivity contribution is -0.151. The Morgan fingerprint density at radius 3 is 2.33 bits per heavy atom. The molecule has 0 spiro atoms. The fourth-order valence-electron chi connectivity index (χ4n) is 1.98. The van der Waals surface area contributed by atoms with Crippen LogP contribution in [-0.4, -0.2) is 56.9 Å². The van der Waals surface area contributed by atoms with E-state index in [1.807, 2.05) is 6.92 Å². The van der Waals surface area contributed by atoms with E-state index in [0.717, 1.165) is 5.56 Å². The molecule has 7 nitrogen and oxygen atoms in total. The van der Waals surface area contributed by atoms with E-state index >= 15 is 0 Å². The van der Waals surface area contributed by atoms with Crippen LogP contribution in [0, 0.1) is 6.92 Å². The van der Waals surface area contributed by atoms with Gasteiger partial charge >= 0.3 is 0 Å². The first-order valence-electron chi connectivity index (χ1n) is 6.35. The topological polar surface area (TPSA) is 102 Å². The summed E-state index contributed by atoms with van der Waals surface area (Å²) in [4.78, 5) is 0.0180. The molecule has 2 N–H and O–H groups in total. The Labute approximate surface area is 123 Å². The molecule has 118 valence electrons. The normalized spacial score (nSPS) is 29.7. The molecule has 1 aromatic carbocycles. The van der Waals surface area contributed by atoms with Crippen molar-refractivity contribution in [2.45, 2.75) is 36.4 Å². The van der Waals surface area contributed by atoms with Crippen LogP contribution in [-0.2, 0) is 23.8 Å². The molecule has 4 atom stereocenters. The Kier molecular flexibility index (Phi) is 4.97. The molecular weight excluding hydrogens is 300 g/mol. The number of benzene rings is 1. The summed E-state index contributed by atoms with van der Waals surface area (Å²) in [7, 11) is -2.63. The van der Waals surface area contributed by atoms with Gasteiger partial charge in [0.15, 0.2) is 6.29 Å². The van der Waals surface area contributed by atoms with Crippen molar-refractivity contribution in [1.82, 2.24) is 0 Å². The van der Waals surface area contributed by atoms with Crippen molar-refractivity contribution in [3.63, 3.8) is 0 Å². The molecule has 1 saturated heterocycles. The number of hydrogen-bond donors (Lipinski definition) is 2. The van der Waals surface area contributed by atoms with Gasteiger partial charge in [0, 0.05) is 7.11 Å². The zero-order chi connectivity index (χ0) is 15.6. The molecule has 1 aromatic rings. The molecular formula is C13H18O7S. The molecule has 1 unspecified atom stereocenters. The maximum absolute atomic E-state index is 12.0. The third-order valence-corrected chi connectivity index (χ3v) is 4.54. The number of rotatable bonds is 5. The van der Waals surface area contributed by atoms with Gasteiger partial charge in [0.05, 0.1) is 11.5 Å². The SMILES string of the molecule is COC1O[C@H](COS(=O)(=O)c2ccc(C)cc2)[C@@H](O)[C@@H]1O. The van der Waals surface area contributed by atoms with Gasteiger partial charge in [-0.25, -0.2) is 0 Å². The van der Waals surface area contributed by atoms with Gasteiger partial charge in [-0.2, -0.15) is 8.42 Å². The third-order valence-electron chi connectivity index (χ3n) is 3.25. The molecule has 0 bridgehead atoms. The molecule has 0 amide bonds. The fraction of sp³-hybridized carbons (Fsp3) is 0.538. The van der Waals surface area contributed by atoms with Crippen molar-refractivity contribution >= 4 is 10.1 Å². The summed E-state index contributed by atoms with van der Waals surface area (Å²) in [5.41, 5.74) is 0.926. The smallest absolute Gasteiger partial charge is 0.297 e. The molecule has 0 saturated carbocycles. The Hall–Kier alpha value is -1.03. The highest BCUT2D eigenvalue weighted by Crippen LogP contribution is 2.23. The quantitative estimate of drug-likeness (QED) is 0.724. The fourth-order valence-corrected chi connectivity index (χ4v) is 2.90. The molecule has 8 heteroatoms. The molecule has 0 aromatic heterocycles. The van der Waals surface area contributed by atoms with Gasteiger partial charge in [-0.3, -0.25) is 4.18 Å². The Bertz CT molecular complexity index is 569. The van der Waals surface area contributed by atoms with Crippen molar-refractivity contribution < 1.29 is 32.3 Å². The van der Waals surface area contributed by atoms with Crippen molar-refractivity contribution in [2.75, 3.05) is 13.7 Å². The molecule has 1 fully saturated rings. The summed E-state index contributed by atoms with van der Waals surface area (Å²) in [6, 6.07) is 6.18. The van der Waals surface area contributed by atoms with Gasteiger partial charge < -0.3 is 19.7 Å². The van der Waals surface area contributed by atoms with E-state index in [1.165, 1.54) is 19.2 Å². The largest absolute Gasteiger partial charge is 0.387 e. The van der Waals surface area contributed by atoms with E-state index < -0.39 is 41.3 Å². The lowest BCUT2D eigenvalue weighted by Crippen LogP contribution is -2.35. The van der Waals surface area contributed by atoms with Crippen molar-refractivity contribution in [2.24, 2.45) is 0 Å². The van der Waals surface area contributed by atoms with Gasteiger partial charge in [0.1, 0.15) is 18.3 Å². The van der Waals surface area contributed by atoms with E-state index in [0.29, 0.717) is 0 Å². The average molecular weight is 318 g/mol. The molecule has 2 rings (SSSR count). The first-order valence-corrected chi connectivity index (χ1v) is 7.76. The molecule has 1 aliphatic heterocycles. The summed E-state index contributed by atoms with van der Waals surface area (Å²) in [5.74, 6) is 0. The van der Waals surface area contributed by atoms with E-state index in [1.54, 1.807) is 12.1 Å². The maximum Gasteiger partial charge on any atom is 0.297 e. The number of ether oxygens (including phenoxy) is 2. The Morgan fingerprint density at radius 2 is 1.81 bits per heavy atom. The molecule has 21 heavy (non-hydrogen) atoms. The second kappa shape index (κ2) is 6.39. The molecule has 1 heterocycles. The molecule has 0 aliphatic carbocycles. The van der Waals surface area contributed by atoms with Gasteiger partial charge in [-0.15, -0.1) is 0 Å². The summed E-state index contributed by atoms with van der Waals surface area (Å²) in [5, 5.41) is 19.3. The lowest BCUT2D eigenvalue weighted by atomic mass is 10.1. The first-order chi connectivity index (χ1) is 9.85. The van der Waals surface area contributed by atoms with Gasteiger partial charge in [0.25, 0.3) is 10.1 Å². The zero-order valence-corrected chi connectivity index (χ0v) is 12.5. The van der Waals surface area contributed by atoms with Crippen LogP contribution in [0.2, 0.25) is 0 Å². The minimum Gasteiger partial charge on any atom is -0.387 e. The summed E-state index contributed by atoms with van der Waals surface area (Å²) in [6.45, 7) is 1.43. The van der Waals surface area contributed by atoms with Crippen LogP contribution in [0.4, 0.5) is 0 Å². The highest BCUT2D eigenvalue weighted by atomic mass is 32.2. The summed E-state index contributed by atoms with van der Waals surface area (Å²) in [6.07, 6.45) is -4.50. The van der Waals surface area contributed by atoms with Crippen LogP contribution in [0.25, 0.3) is 0 Å². The lowest BCUT2D eigenvalue weighted by Gasteiger charge is -2.14. The van der Waals surface area contributed by atoms with Crippen molar-refractivity contribution in [3.8, 4) is 0 Å². The predicted molar refractivity (Wildman–Crippen MR) is 72.0 cm³/mol. The van der Waals surface area contributed by atoms with E-state index in [-0.39, 0.29) is 4.90 Å². The second-order valence-corrected chi connectivity index (χ2v) is 6.43. The van der Waals surface area contributed by atoms with Crippen LogP contribution in [0.1, 0.15) is 5.56 Å². The maximum atomic E-state index is 12.0. The standard InChI is InChI=1S/C13H18O7S/c1-8-3-5-9(6-4-8)21(16,17)19-7-10-11(14)12(15)13(18-2)20-10/h3-6,10-15H,7H2,1-2H3/t10-,11-,12+,13?/m1/s1. The number of hydrogen-bond acceptors (Lipinski definition) is 7. The highest BCUT2D eigenvalue weighted by molar-refractivity contribution is 7.86. The highest BCUT2D eigenvalue weighted by Gasteiger charge is 2.43. The van der Waals surface area contributed by atoms with Crippen molar-refractivity contribution in [3.05, 3.63) is 29.8 Å². The number of aliphatic hydroxyl groups is 2. The number of aryl methyl sites for hydroxylation is 1. The summed E-state index contributed by atoms with van der Waals surface area (Å²) < 4.78 is 38.8. The van der Waals surface area contributed by atoms with Crippen LogP contribution in [0.3, 0.4) is 0 Å². The molecule has 1 aliphatic rings. The van der Waals surface area contributed by atoms with E-state index in [9.17, 15) is 18.6 Å². The van der Waals surface area contributed by atoms with E-state index in [2.05, 4.69) is 0 Å². The van der Waals surface area contributed by atoms with Crippen LogP contribution in [0.5, 0.6) is 0 Å².